The predicted octanol–water partition coefficient (Wildman–Crippen LogP) is 3.72. The summed E-state index contributed by atoms with van der Waals surface area (Å²) in [6.07, 6.45) is 0. The topological polar surface area (TPSA) is 117 Å². The van der Waals surface area contributed by atoms with Crippen molar-refractivity contribution in [3.05, 3.63) is 54.1 Å². The Labute approximate surface area is 165 Å². The van der Waals surface area contributed by atoms with Crippen LogP contribution in [0.3, 0.4) is 0 Å². The molecule has 2 aromatic carbocycles. The van der Waals surface area contributed by atoms with Gasteiger partial charge in [0.1, 0.15) is 5.75 Å². The molecule has 1 atom stereocenters. The van der Waals surface area contributed by atoms with Gasteiger partial charge in [-0.15, -0.1) is 0 Å². The summed E-state index contributed by atoms with van der Waals surface area (Å²) >= 11 is 0. The number of ether oxygens (including phenoxy) is 1. The van der Waals surface area contributed by atoms with Crippen LogP contribution in [-0.4, -0.2) is 28.7 Å². The van der Waals surface area contributed by atoms with Gasteiger partial charge in [-0.2, -0.15) is 0 Å². The average molecular weight is 428 g/mol. The molecular weight excluding hydrogens is 403 g/mol. The van der Waals surface area contributed by atoms with Crippen molar-refractivity contribution in [2.24, 2.45) is 5.14 Å². The number of sulfonamides is 1. The van der Waals surface area contributed by atoms with E-state index in [2.05, 4.69) is 5.32 Å². The number of nitrogens with two attached hydrogens (primary N) is 1. The lowest BCUT2D eigenvalue weighted by molar-refractivity contribution is 0.214. The third-order valence-corrected chi connectivity index (χ3v) is 7.08. The lowest BCUT2D eigenvalue weighted by Gasteiger charge is -2.28. The third-order valence-electron chi connectivity index (χ3n) is 3.85. The van der Waals surface area contributed by atoms with Gasteiger partial charge >= 0.3 is 7.60 Å². The van der Waals surface area contributed by atoms with Crippen molar-refractivity contribution in [3.63, 3.8) is 0 Å². The molecule has 10 heteroatoms. The fourth-order valence-corrected chi connectivity index (χ4v) is 5.03. The van der Waals surface area contributed by atoms with Gasteiger partial charge in [-0.1, -0.05) is 12.1 Å². The standard InChI is InChI=1S/C18H25N2O6PS/c1-4-25-27(21,26-5-2)18(14-6-10-16(24-3)11-7-14)20-15-8-12-17(13-9-15)28(19,22)23/h6-13,18,20H,4-5H2,1-3H3,(H2,19,22,23). The predicted molar refractivity (Wildman–Crippen MR) is 108 cm³/mol. The van der Waals surface area contributed by atoms with E-state index in [-0.39, 0.29) is 18.1 Å². The Balaban J connectivity index is 2.43. The van der Waals surface area contributed by atoms with E-state index in [1.807, 2.05) is 0 Å². The number of benzene rings is 2. The molecule has 0 spiro atoms. The van der Waals surface area contributed by atoms with Gasteiger partial charge in [0.2, 0.25) is 10.0 Å². The molecule has 1 unspecified atom stereocenters. The molecule has 8 nitrogen and oxygen atoms in total. The minimum absolute atomic E-state index is 0.0168. The van der Waals surface area contributed by atoms with Crippen LogP contribution in [0.15, 0.2) is 53.4 Å². The second-order valence-corrected chi connectivity index (χ2v) is 9.44. The van der Waals surface area contributed by atoms with Gasteiger partial charge in [0.05, 0.1) is 25.2 Å². The molecular formula is C18H25N2O6PS. The molecule has 0 saturated carbocycles. The van der Waals surface area contributed by atoms with Crippen molar-refractivity contribution < 1.29 is 26.8 Å². The zero-order chi connectivity index (χ0) is 20.8. The van der Waals surface area contributed by atoms with E-state index in [4.69, 9.17) is 18.9 Å². The number of hydrogen-bond donors (Lipinski definition) is 2. The summed E-state index contributed by atoms with van der Waals surface area (Å²) < 4.78 is 52.5. The Hall–Kier alpha value is -1.90. The molecule has 0 aliphatic rings. The molecule has 0 aromatic heterocycles. The number of methoxy groups -OCH3 is 1. The van der Waals surface area contributed by atoms with Crippen LogP contribution in [0.1, 0.15) is 25.2 Å². The van der Waals surface area contributed by atoms with Crippen LogP contribution < -0.4 is 15.2 Å². The van der Waals surface area contributed by atoms with Gasteiger partial charge in [0, 0.05) is 5.69 Å². The van der Waals surface area contributed by atoms with E-state index >= 15 is 0 Å². The van der Waals surface area contributed by atoms with Crippen molar-refractivity contribution in [2.75, 3.05) is 25.6 Å². The highest BCUT2D eigenvalue weighted by molar-refractivity contribution is 7.89. The Morgan fingerprint density at radius 1 is 1.00 bits per heavy atom. The summed E-state index contributed by atoms with van der Waals surface area (Å²) in [7, 11) is -5.82. The molecule has 154 valence electrons. The fourth-order valence-electron chi connectivity index (χ4n) is 2.58. The minimum Gasteiger partial charge on any atom is -0.497 e. The molecule has 3 N–H and O–H groups in total. The fraction of sp³-hybridized carbons (Fsp3) is 0.333. The summed E-state index contributed by atoms with van der Waals surface area (Å²) in [5.41, 5.74) is 1.20. The Bertz CT molecular complexity index is 906. The molecule has 0 amide bonds. The first kappa shape index (κ1) is 22.4. The highest BCUT2D eigenvalue weighted by Crippen LogP contribution is 2.60. The van der Waals surface area contributed by atoms with E-state index in [0.717, 1.165) is 0 Å². The van der Waals surface area contributed by atoms with Crippen molar-refractivity contribution in [1.82, 2.24) is 0 Å². The molecule has 2 rings (SSSR count). The van der Waals surface area contributed by atoms with Crippen LogP contribution >= 0.6 is 7.60 Å². The lowest BCUT2D eigenvalue weighted by atomic mass is 10.2. The quantitative estimate of drug-likeness (QED) is 0.554. The van der Waals surface area contributed by atoms with E-state index in [9.17, 15) is 13.0 Å². The first-order valence-electron chi connectivity index (χ1n) is 8.65. The first-order chi connectivity index (χ1) is 13.2. The molecule has 0 saturated heterocycles. The monoisotopic (exact) mass is 428 g/mol. The van der Waals surface area contributed by atoms with Crippen LogP contribution in [-0.2, 0) is 23.6 Å². The summed E-state index contributed by atoms with van der Waals surface area (Å²) in [6, 6.07) is 12.8. The largest absolute Gasteiger partial charge is 0.497 e. The molecule has 0 fully saturated rings. The number of anilines is 1. The van der Waals surface area contributed by atoms with Gasteiger partial charge < -0.3 is 19.1 Å². The van der Waals surface area contributed by atoms with Crippen molar-refractivity contribution in [2.45, 2.75) is 24.5 Å². The zero-order valence-electron chi connectivity index (χ0n) is 16.0. The summed E-state index contributed by atoms with van der Waals surface area (Å²) in [5, 5.41) is 8.26. The molecule has 28 heavy (non-hydrogen) atoms. The molecule has 0 heterocycles. The maximum Gasteiger partial charge on any atom is 0.357 e. The normalized spacial score (nSPS) is 13.1. The van der Waals surface area contributed by atoms with Crippen LogP contribution in [0, 0.1) is 0 Å². The molecule has 0 bridgehead atoms. The highest BCUT2D eigenvalue weighted by atomic mass is 32.2. The highest BCUT2D eigenvalue weighted by Gasteiger charge is 2.37. The second kappa shape index (κ2) is 9.54. The lowest BCUT2D eigenvalue weighted by Crippen LogP contribution is -2.16. The molecule has 0 aliphatic heterocycles. The van der Waals surface area contributed by atoms with Crippen molar-refractivity contribution in [3.8, 4) is 5.75 Å². The van der Waals surface area contributed by atoms with Crippen LogP contribution in [0.5, 0.6) is 5.75 Å². The van der Waals surface area contributed by atoms with E-state index in [1.54, 1.807) is 57.4 Å². The Morgan fingerprint density at radius 2 is 1.54 bits per heavy atom. The minimum atomic E-state index is -3.80. The summed E-state index contributed by atoms with van der Waals surface area (Å²) in [4.78, 5) is -0.0168. The molecule has 2 aromatic rings. The number of rotatable bonds is 10. The number of nitrogens with one attached hydrogen (secondary N) is 1. The van der Waals surface area contributed by atoms with Gasteiger partial charge in [-0.25, -0.2) is 13.6 Å². The Kier molecular flexibility index (Phi) is 7.63. The van der Waals surface area contributed by atoms with E-state index < -0.39 is 23.4 Å². The van der Waals surface area contributed by atoms with E-state index in [0.29, 0.717) is 17.0 Å². The maximum atomic E-state index is 13.4. The summed E-state index contributed by atoms with van der Waals surface area (Å²) in [5.74, 6) is -0.152. The van der Waals surface area contributed by atoms with Crippen LogP contribution in [0.2, 0.25) is 0 Å². The Morgan fingerprint density at radius 3 is 1.96 bits per heavy atom. The second-order valence-electron chi connectivity index (χ2n) is 5.76. The number of hydrogen-bond acceptors (Lipinski definition) is 7. The maximum absolute atomic E-state index is 13.4. The zero-order valence-corrected chi connectivity index (χ0v) is 17.7. The summed E-state index contributed by atoms with van der Waals surface area (Å²) in [6.45, 7) is 3.88. The van der Waals surface area contributed by atoms with Gasteiger partial charge in [0.25, 0.3) is 0 Å². The van der Waals surface area contributed by atoms with Crippen LogP contribution in [0.4, 0.5) is 5.69 Å². The average Bonchev–Trinajstić information content (AvgIpc) is 2.66. The number of primary sulfonamides is 1. The van der Waals surface area contributed by atoms with E-state index in [1.165, 1.54) is 12.1 Å². The molecule has 0 radical (unpaired) electrons. The van der Waals surface area contributed by atoms with Crippen molar-refractivity contribution >= 4 is 23.3 Å². The molecule has 0 aliphatic carbocycles. The first-order valence-corrected chi connectivity index (χ1v) is 11.8. The van der Waals surface area contributed by atoms with Crippen LogP contribution in [0.25, 0.3) is 0 Å². The van der Waals surface area contributed by atoms with Gasteiger partial charge in [-0.3, -0.25) is 4.57 Å². The smallest absolute Gasteiger partial charge is 0.357 e. The third kappa shape index (κ3) is 5.56. The van der Waals surface area contributed by atoms with Crippen molar-refractivity contribution in [1.29, 1.82) is 0 Å². The SMILES string of the molecule is CCOP(=O)(OCC)C(Nc1ccc(S(N)(=O)=O)cc1)c1ccc(OC)cc1. The van der Waals surface area contributed by atoms with Gasteiger partial charge in [0.15, 0.2) is 5.78 Å². The van der Waals surface area contributed by atoms with Gasteiger partial charge in [-0.05, 0) is 55.8 Å².